The number of ether oxygens (including phenoxy) is 1. The second-order valence-electron chi connectivity index (χ2n) is 5.25. The van der Waals surface area contributed by atoms with E-state index in [1.165, 1.54) is 32.4 Å². The van der Waals surface area contributed by atoms with Crippen molar-refractivity contribution >= 4 is 15.9 Å². The van der Waals surface area contributed by atoms with E-state index >= 15 is 0 Å². The van der Waals surface area contributed by atoms with Crippen LogP contribution in [0, 0.1) is 6.92 Å². The van der Waals surface area contributed by atoms with Crippen molar-refractivity contribution < 1.29 is 17.9 Å². The molecule has 0 heterocycles. The van der Waals surface area contributed by atoms with Crippen molar-refractivity contribution in [2.24, 2.45) is 0 Å². The topological polar surface area (TPSA) is 84.5 Å². The van der Waals surface area contributed by atoms with E-state index in [1.54, 1.807) is 0 Å². The van der Waals surface area contributed by atoms with Gasteiger partial charge in [0.05, 0.1) is 17.6 Å². The van der Waals surface area contributed by atoms with Crippen LogP contribution < -0.4 is 14.8 Å². The van der Waals surface area contributed by atoms with Crippen molar-refractivity contribution in [1.82, 2.24) is 10.0 Å². The molecule has 0 aliphatic heterocycles. The van der Waals surface area contributed by atoms with Gasteiger partial charge in [-0.25, -0.2) is 13.1 Å². The fourth-order valence-electron chi connectivity index (χ4n) is 2.13. The monoisotopic (exact) mass is 348 g/mol. The van der Waals surface area contributed by atoms with Crippen molar-refractivity contribution in [3.63, 3.8) is 0 Å². The normalized spacial score (nSPS) is 11.1. The third kappa shape index (κ3) is 4.12. The minimum atomic E-state index is -3.74. The summed E-state index contributed by atoms with van der Waals surface area (Å²) in [6.07, 6.45) is 0. The van der Waals surface area contributed by atoms with Gasteiger partial charge in [0, 0.05) is 13.6 Å². The van der Waals surface area contributed by atoms with E-state index in [9.17, 15) is 13.2 Å². The largest absolute Gasteiger partial charge is 0.496 e. The Morgan fingerprint density at radius 1 is 1.12 bits per heavy atom. The maximum Gasteiger partial charge on any atom is 0.254 e. The van der Waals surface area contributed by atoms with E-state index in [2.05, 4.69) is 10.0 Å². The van der Waals surface area contributed by atoms with E-state index in [0.717, 1.165) is 11.1 Å². The summed E-state index contributed by atoms with van der Waals surface area (Å²) in [4.78, 5) is 11.9. The van der Waals surface area contributed by atoms with Gasteiger partial charge in [0.25, 0.3) is 5.91 Å². The molecule has 2 aromatic carbocycles. The molecule has 2 aromatic rings. The molecule has 0 bridgehead atoms. The molecule has 0 fully saturated rings. The SMILES string of the molecule is CNC(=O)c1cc(S(=O)(=O)NCc2ccc(C)cc2)ccc1OC. The molecule has 24 heavy (non-hydrogen) atoms. The second kappa shape index (κ2) is 7.46. The quantitative estimate of drug-likeness (QED) is 0.834. The van der Waals surface area contributed by atoms with Crippen LogP contribution >= 0.6 is 0 Å². The van der Waals surface area contributed by atoms with Crippen LogP contribution in [0.25, 0.3) is 0 Å². The summed E-state index contributed by atoms with van der Waals surface area (Å²) in [5, 5.41) is 2.46. The molecule has 6 nitrogen and oxygen atoms in total. The molecular formula is C17H20N2O4S. The lowest BCUT2D eigenvalue weighted by Crippen LogP contribution is -2.24. The van der Waals surface area contributed by atoms with Gasteiger partial charge >= 0.3 is 0 Å². The first-order valence-corrected chi connectivity index (χ1v) is 8.81. The van der Waals surface area contributed by atoms with Gasteiger partial charge in [0.1, 0.15) is 5.75 Å². The number of aryl methyl sites for hydroxylation is 1. The van der Waals surface area contributed by atoms with E-state index in [0.29, 0.717) is 5.75 Å². The van der Waals surface area contributed by atoms with Gasteiger partial charge < -0.3 is 10.1 Å². The number of nitrogens with one attached hydrogen (secondary N) is 2. The molecule has 128 valence electrons. The molecule has 0 radical (unpaired) electrons. The summed E-state index contributed by atoms with van der Waals surface area (Å²) in [6, 6.07) is 11.7. The van der Waals surface area contributed by atoms with Crippen LogP contribution in [0.15, 0.2) is 47.4 Å². The number of benzene rings is 2. The number of rotatable bonds is 6. The number of amides is 1. The minimum Gasteiger partial charge on any atom is -0.496 e. The van der Waals surface area contributed by atoms with Crippen LogP contribution in [0.3, 0.4) is 0 Å². The number of hydrogen-bond donors (Lipinski definition) is 2. The standard InChI is InChI=1S/C17H20N2O4S/c1-12-4-6-13(7-5-12)11-19-24(21,22)14-8-9-16(23-3)15(10-14)17(20)18-2/h4-10,19H,11H2,1-3H3,(H,18,20). The maximum atomic E-state index is 12.5. The molecule has 0 saturated heterocycles. The zero-order chi connectivity index (χ0) is 17.7. The van der Waals surface area contributed by atoms with Crippen molar-refractivity contribution in [3.05, 3.63) is 59.2 Å². The Kier molecular flexibility index (Phi) is 5.58. The van der Waals surface area contributed by atoms with Crippen LogP contribution in [-0.4, -0.2) is 28.5 Å². The van der Waals surface area contributed by atoms with E-state index in [4.69, 9.17) is 4.74 Å². The summed E-state index contributed by atoms with van der Waals surface area (Å²) < 4.78 is 32.5. The number of carbonyl (C=O) groups excluding carboxylic acids is 1. The van der Waals surface area contributed by atoms with Gasteiger partial charge in [-0.05, 0) is 30.7 Å². The molecule has 7 heteroatoms. The second-order valence-corrected chi connectivity index (χ2v) is 7.02. The Balaban J connectivity index is 2.25. The average Bonchev–Trinajstić information content (AvgIpc) is 2.60. The Hall–Kier alpha value is -2.38. The highest BCUT2D eigenvalue weighted by molar-refractivity contribution is 7.89. The highest BCUT2D eigenvalue weighted by Gasteiger charge is 2.19. The average molecular weight is 348 g/mol. The van der Waals surface area contributed by atoms with Gasteiger partial charge in [0.2, 0.25) is 10.0 Å². The van der Waals surface area contributed by atoms with Gasteiger partial charge in [-0.1, -0.05) is 29.8 Å². The summed E-state index contributed by atoms with van der Waals surface area (Å²) in [6.45, 7) is 2.13. The van der Waals surface area contributed by atoms with Crippen LogP contribution in [0.2, 0.25) is 0 Å². The molecule has 0 aliphatic rings. The lowest BCUT2D eigenvalue weighted by molar-refractivity contribution is 0.0960. The molecule has 0 unspecified atom stereocenters. The fraction of sp³-hybridized carbons (Fsp3) is 0.235. The van der Waals surface area contributed by atoms with Crippen molar-refractivity contribution in [2.75, 3.05) is 14.2 Å². The molecule has 0 spiro atoms. The van der Waals surface area contributed by atoms with Crippen LogP contribution in [0.5, 0.6) is 5.75 Å². The Morgan fingerprint density at radius 3 is 2.38 bits per heavy atom. The molecule has 2 N–H and O–H groups in total. The third-order valence-electron chi connectivity index (χ3n) is 3.54. The first kappa shape index (κ1) is 18.0. The zero-order valence-electron chi connectivity index (χ0n) is 13.8. The first-order chi connectivity index (χ1) is 11.4. The van der Waals surface area contributed by atoms with Gasteiger partial charge in [-0.3, -0.25) is 4.79 Å². The summed E-state index contributed by atoms with van der Waals surface area (Å²) >= 11 is 0. The van der Waals surface area contributed by atoms with Crippen molar-refractivity contribution in [1.29, 1.82) is 0 Å². The molecule has 0 aromatic heterocycles. The zero-order valence-corrected chi connectivity index (χ0v) is 14.6. The summed E-state index contributed by atoms with van der Waals surface area (Å²) in [7, 11) is -0.850. The number of sulfonamides is 1. The summed E-state index contributed by atoms with van der Waals surface area (Å²) in [5.74, 6) is -0.103. The smallest absolute Gasteiger partial charge is 0.254 e. The van der Waals surface area contributed by atoms with E-state index in [1.807, 2.05) is 31.2 Å². The predicted octanol–water partition coefficient (Wildman–Crippen LogP) is 1.84. The van der Waals surface area contributed by atoms with Crippen molar-refractivity contribution in [3.8, 4) is 5.75 Å². The van der Waals surface area contributed by atoms with Crippen LogP contribution in [0.4, 0.5) is 0 Å². The molecule has 2 rings (SSSR count). The van der Waals surface area contributed by atoms with Crippen molar-refractivity contribution in [2.45, 2.75) is 18.4 Å². The molecule has 1 amide bonds. The predicted molar refractivity (Wildman–Crippen MR) is 91.6 cm³/mol. The van der Waals surface area contributed by atoms with Gasteiger partial charge in [-0.2, -0.15) is 0 Å². The van der Waals surface area contributed by atoms with E-state index in [-0.39, 0.29) is 17.0 Å². The third-order valence-corrected chi connectivity index (χ3v) is 4.94. The lowest BCUT2D eigenvalue weighted by atomic mass is 10.2. The lowest BCUT2D eigenvalue weighted by Gasteiger charge is -2.11. The van der Waals surface area contributed by atoms with Crippen LogP contribution in [0.1, 0.15) is 21.5 Å². The Bertz CT molecular complexity index is 830. The molecule has 0 saturated carbocycles. The van der Waals surface area contributed by atoms with Gasteiger partial charge in [-0.15, -0.1) is 0 Å². The summed E-state index contributed by atoms with van der Waals surface area (Å²) in [5.41, 5.74) is 2.12. The fourth-order valence-corrected chi connectivity index (χ4v) is 3.18. The minimum absolute atomic E-state index is 0.00834. The number of hydrogen-bond acceptors (Lipinski definition) is 4. The Morgan fingerprint density at radius 2 is 1.79 bits per heavy atom. The number of carbonyl (C=O) groups is 1. The first-order valence-electron chi connectivity index (χ1n) is 7.32. The van der Waals surface area contributed by atoms with Crippen LogP contribution in [-0.2, 0) is 16.6 Å². The molecule has 0 atom stereocenters. The molecule has 0 aliphatic carbocycles. The highest BCUT2D eigenvalue weighted by Crippen LogP contribution is 2.22. The maximum absolute atomic E-state index is 12.5. The Labute approximate surface area is 141 Å². The van der Waals surface area contributed by atoms with E-state index < -0.39 is 15.9 Å². The molecular weight excluding hydrogens is 328 g/mol. The number of methoxy groups -OCH3 is 1. The van der Waals surface area contributed by atoms with Gasteiger partial charge in [0.15, 0.2) is 0 Å². The highest BCUT2D eigenvalue weighted by atomic mass is 32.2.